The summed E-state index contributed by atoms with van der Waals surface area (Å²) in [5.41, 5.74) is 1.04. The summed E-state index contributed by atoms with van der Waals surface area (Å²) >= 11 is 0. The van der Waals surface area contributed by atoms with Crippen LogP contribution in [0, 0.1) is 5.92 Å². The zero-order chi connectivity index (χ0) is 17.9. The summed E-state index contributed by atoms with van der Waals surface area (Å²) in [4.78, 5) is 16.7. The zero-order valence-electron chi connectivity index (χ0n) is 14.3. The average Bonchev–Trinajstić information content (AvgIpc) is 3.30. The number of hydrogen-bond acceptors (Lipinski definition) is 4. The van der Waals surface area contributed by atoms with Gasteiger partial charge >= 0.3 is 0 Å². The van der Waals surface area contributed by atoms with Crippen molar-refractivity contribution in [2.45, 2.75) is 31.5 Å². The molecule has 6 nitrogen and oxygen atoms in total. The van der Waals surface area contributed by atoms with E-state index in [4.69, 9.17) is 4.42 Å². The third kappa shape index (κ3) is 3.55. The Morgan fingerprint density at radius 1 is 1.27 bits per heavy atom. The maximum absolute atomic E-state index is 12.7. The number of hydrogen-bond donors (Lipinski definition) is 2. The lowest BCUT2D eigenvalue weighted by Crippen LogP contribution is -2.41. The van der Waals surface area contributed by atoms with Gasteiger partial charge in [-0.05, 0) is 36.5 Å². The predicted octanol–water partition coefficient (Wildman–Crippen LogP) is 2.77. The lowest BCUT2D eigenvalue weighted by molar-refractivity contribution is 0.0232. The van der Waals surface area contributed by atoms with Crippen molar-refractivity contribution in [3.8, 4) is 0 Å². The van der Waals surface area contributed by atoms with Gasteiger partial charge in [0, 0.05) is 12.4 Å². The average molecular weight is 351 g/mol. The summed E-state index contributed by atoms with van der Waals surface area (Å²) in [6.07, 6.45) is 6.38. The number of rotatable bonds is 6. The van der Waals surface area contributed by atoms with Crippen LogP contribution in [0.3, 0.4) is 0 Å². The van der Waals surface area contributed by atoms with E-state index in [9.17, 15) is 9.90 Å². The molecule has 26 heavy (non-hydrogen) atoms. The fourth-order valence-electron chi connectivity index (χ4n) is 3.39. The van der Waals surface area contributed by atoms with Crippen molar-refractivity contribution in [3.05, 3.63) is 78.3 Å². The molecule has 1 amide bonds. The molecule has 2 heterocycles. The first-order valence-electron chi connectivity index (χ1n) is 8.77. The van der Waals surface area contributed by atoms with Crippen molar-refractivity contribution >= 4 is 5.91 Å². The van der Waals surface area contributed by atoms with Crippen molar-refractivity contribution in [3.63, 3.8) is 0 Å². The first kappa shape index (κ1) is 16.6. The lowest BCUT2D eigenvalue weighted by Gasteiger charge is -2.38. The van der Waals surface area contributed by atoms with Gasteiger partial charge in [-0.3, -0.25) is 4.79 Å². The highest BCUT2D eigenvalue weighted by Crippen LogP contribution is 2.38. The van der Waals surface area contributed by atoms with Crippen molar-refractivity contribution in [2.24, 2.45) is 5.92 Å². The van der Waals surface area contributed by atoms with E-state index in [0.29, 0.717) is 30.9 Å². The van der Waals surface area contributed by atoms with E-state index in [0.717, 1.165) is 5.56 Å². The highest BCUT2D eigenvalue weighted by molar-refractivity contribution is 5.91. The minimum atomic E-state index is -0.270. The molecule has 1 atom stereocenters. The van der Waals surface area contributed by atoms with Gasteiger partial charge in [0.15, 0.2) is 5.76 Å². The number of furan rings is 1. The van der Waals surface area contributed by atoms with Crippen LogP contribution >= 0.6 is 0 Å². The number of nitrogens with one attached hydrogen (secondary N) is 1. The first-order chi connectivity index (χ1) is 12.7. The molecule has 1 aliphatic carbocycles. The Bertz CT molecular complexity index is 852. The number of carbonyl (C=O) groups excluding carboxylic acids is 1. The molecule has 134 valence electrons. The second-order valence-corrected chi connectivity index (χ2v) is 6.75. The molecule has 4 rings (SSSR count). The summed E-state index contributed by atoms with van der Waals surface area (Å²) in [5.74, 6) is 0.984. The molecular formula is C20H21N3O3. The van der Waals surface area contributed by atoms with E-state index >= 15 is 0 Å². The summed E-state index contributed by atoms with van der Waals surface area (Å²) < 4.78 is 7.58. The van der Waals surface area contributed by atoms with Crippen LogP contribution in [-0.2, 0) is 6.54 Å². The first-order valence-corrected chi connectivity index (χ1v) is 8.77. The maximum Gasteiger partial charge on any atom is 0.287 e. The smallest absolute Gasteiger partial charge is 0.287 e. The van der Waals surface area contributed by atoms with Crippen LogP contribution in [0.1, 0.15) is 40.8 Å². The van der Waals surface area contributed by atoms with Gasteiger partial charge in [-0.2, -0.15) is 0 Å². The maximum atomic E-state index is 12.7. The molecule has 1 saturated carbocycles. The van der Waals surface area contributed by atoms with E-state index in [2.05, 4.69) is 10.3 Å². The second-order valence-electron chi connectivity index (χ2n) is 6.75. The Morgan fingerprint density at radius 3 is 2.77 bits per heavy atom. The molecule has 0 saturated heterocycles. The topological polar surface area (TPSA) is 80.3 Å². The molecule has 0 aliphatic heterocycles. The van der Waals surface area contributed by atoms with Crippen LogP contribution in [0.2, 0.25) is 0 Å². The third-order valence-electron chi connectivity index (χ3n) is 4.85. The van der Waals surface area contributed by atoms with Crippen LogP contribution in [-0.4, -0.2) is 26.7 Å². The number of imidazole rings is 1. The third-order valence-corrected chi connectivity index (χ3v) is 4.85. The SMILES string of the molecule is O=C(NC(c1ccccc1)C1CC(O)C1)c1ccc(Cn2ccnc2)o1. The van der Waals surface area contributed by atoms with Crippen molar-refractivity contribution in [1.29, 1.82) is 0 Å². The largest absolute Gasteiger partial charge is 0.454 e. The predicted molar refractivity (Wildman–Crippen MR) is 95.4 cm³/mol. The van der Waals surface area contributed by atoms with E-state index in [1.54, 1.807) is 24.7 Å². The van der Waals surface area contributed by atoms with Crippen molar-refractivity contribution in [2.75, 3.05) is 0 Å². The Hall–Kier alpha value is -2.86. The van der Waals surface area contributed by atoms with Crippen molar-refractivity contribution < 1.29 is 14.3 Å². The minimum Gasteiger partial charge on any atom is -0.454 e. The molecule has 0 bridgehead atoms. The highest BCUT2D eigenvalue weighted by atomic mass is 16.4. The summed E-state index contributed by atoms with van der Waals surface area (Å²) in [7, 11) is 0. The number of aliphatic hydroxyl groups is 1. The Balaban J connectivity index is 1.47. The molecule has 1 unspecified atom stereocenters. The van der Waals surface area contributed by atoms with Gasteiger partial charge in [0.25, 0.3) is 5.91 Å². The van der Waals surface area contributed by atoms with E-state index in [1.807, 2.05) is 41.1 Å². The van der Waals surface area contributed by atoms with Gasteiger partial charge in [-0.15, -0.1) is 0 Å². The fourth-order valence-corrected chi connectivity index (χ4v) is 3.39. The number of amides is 1. The molecule has 2 aromatic heterocycles. The van der Waals surface area contributed by atoms with E-state index < -0.39 is 0 Å². The van der Waals surface area contributed by atoms with Crippen LogP contribution < -0.4 is 5.32 Å². The molecule has 0 radical (unpaired) electrons. The monoisotopic (exact) mass is 351 g/mol. The van der Waals surface area contributed by atoms with Crippen LogP contribution in [0.5, 0.6) is 0 Å². The number of benzene rings is 1. The zero-order valence-corrected chi connectivity index (χ0v) is 14.3. The van der Waals surface area contributed by atoms with Gasteiger partial charge in [-0.25, -0.2) is 4.98 Å². The van der Waals surface area contributed by atoms with E-state index in [-0.39, 0.29) is 24.0 Å². The second kappa shape index (κ2) is 7.17. The van der Waals surface area contributed by atoms with Gasteiger partial charge < -0.3 is 19.4 Å². The number of nitrogens with zero attached hydrogens (tertiary/aromatic N) is 2. The van der Waals surface area contributed by atoms with Crippen molar-refractivity contribution in [1.82, 2.24) is 14.9 Å². The molecule has 1 aliphatic rings. The summed E-state index contributed by atoms with van der Waals surface area (Å²) in [6.45, 7) is 0.532. The standard InChI is InChI=1S/C20H21N3O3/c24-16-10-15(11-16)19(14-4-2-1-3-5-14)22-20(25)18-7-6-17(26-18)12-23-9-8-21-13-23/h1-9,13,15-16,19,24H,10-12H2,(H,22,25). The van der Waals surface area contributed by atoms with E-state index in [1.165, 1.54) is 0 Å². The lowest BCUT2D eigenvalue weighted by atomic mass is 9.75. The quantitative estimate of drug-likeness (QED) is 0.716. The van der Waals surface area contributed by atoms with Crippen LogP contribution in [0.15, 0.2) is 65.6 Å². The molecule has 1 aromatic carbocycles. The molecule has 0 spiro atoms. The number of aliphatic hydroxyl groups excluding tert-OH is 1. The molecule has 2 N–H and O–H groups in total. The van der Waals surface area contributed by atoms with Gasteiger partial charge in [0.2, 0.25) is 0 Å². The number of aromatic nitrogens is 2. The molecular weight excluding hydrogens is 330 g/mol. The summed E-state index contributed by atoms with van der Waals surface area (Å²) in [6, 6.07) is 13.2. The Kier molecular flexibility index (Phi) is 4.58. The summed E-state index contributed by atoms with van der Waals surface area (Å²) in [5, 5.41) is 12.7. The van der Waals surface area contributed by atoms with Gasteiger partial charge in [0.1, 0.15) is 5.76 Å². The Labute approximate surface area is 151 Å². The normalized spacial score (nSPS) is 20.3. The minimum absolute atomic E-state index is 0.130. The number of carbonyl (C=O) groups is 1. The highest BCUT2D eigenvalue weighted by Gasteiger charge is 2.36. The fraction of sp³-hybridized carbons (Fsp3) is 0.300. The van der Waals surface area contributed by atoms with Crippen LogP contribution in [0.4, 0.5) is 0 Å². The van der Waals surface area contributed by atoms with Crippen LogP contribution in [0.25, 0.3) is 0 Å². The van der Waals surface area contributed by atoms with Gasteiger partial charge in [-0.1, -0.05) is 30.3 Å². The van der Waals surface area contributed by atoms with Gasteiger partial charge in [0.05, 0.1) is 25.0 Å². The Morgan fingerprint density at radius 2 is 2.08 bits per heavy atom. The molecule has 1 fully saturated rings. The molecule has 3 aromatic rings. The molecule has 6 heteroatoms.